The first-order valence-corrected chi connectivity index (χ1v) is 8.90. The number of carbonyl (C=O) groups excluding carboxylic acids is 1. The van der Waals surface area contributed by atoms with Gasteiger partial charge in [0.05, 0.1) is 11.1 Å². The van der Waals surface area contributed by atoms with Gasteiger partial charge in [-0.15, -0.1) is 0 Å². The zero-order valence-corrected chi connectivity index (χ0v) is 14.5. The molecule has 1 atom stereocenters. The van der Waals surface area contributed by atoms with Crippen molar-refractivity contribution in [1.82, 2.24) is 20.1 Å². The molecule has 2 fully saturated rings. The third kappa shape index (κ3) is 2.65. The number of nitrogens with zero attached hydrogens (tertiary/aromatic N) is 3. The van der Waals surface area contributed by atoms with Gasteiger partial charge < -0.3 is 10.4 Å². The molecule has 2 aromatic heterocycles. The molecule has 2 N–H and O–H groups in total. The average Bonchev–Trinajstić information content (AvgIpc) is 2.97. The highest BCUT2D eigenvalue weighted by atomic mass is 16.3. The first kappa shape index (κ1) is 16.3. The van der Waals surface area contributed by atoms with Crippen molar-refractivity contribution in [2.24, 2.45) is 12.5 Å². The normalized spacial score (nSPS) is 21.2. The fourth-order valence-corrected chi connectivity index (χ4v) is 4.57. The van der Waals surface area contributed by atoms with Gasteiger partial charge in [-0.3, -0.25) is 14.5 Å². The second kappa shape index (κ2) is 5.95. The van der Waals surface area contributed by atoms with Gasteiger partial charge in [0.1, 0.15) is 6.10 Å². The van der Waals surface area contributed by atoms with E-state index >= 15 is 0 Å². The van der Waals surface area contributed by atoms with Gasteiger partial charge in [-0.2, -0.15) is 5.10 Å². The van der Waals surface area contributed by atoms with Gasteiger partial charge in [0, 0.05) is 32.2 Å². The van der Waals surface area contributed by atoms with Crippen molar-refractivity contribution in [3.8, 4) is 0 Å². The quantitative estimate of drug-likeness (QED) is 0.871. The third-order valence-corrected chi connectivity index (χ3v) is 6.07. The van der Waals surface area contributed by atoms with Crippen molar-refractivity contribution in [3.05, 3.63) is 48.0 Å². The first-order chi connectivity index (χ1) is 12.0. The highest BCUT2D eigenvalue weighted by Gasteiger charge is 2.61. The highest BCUT2D eigenvalue weighted by Crippen LogP contribution is 2.64. The van der Waals surface area contributed by atoms with E-state index in [1.54, 1.807) is 30.2 Å². The molecule has 6 heteroatoms. The van der Waals surface area contributed by atoms with Gasteiger partial charge >= 0.3 is 0 Å². The van der Waals surface area contributed by atoms with Gasteiger partial charge in [0.2, 0.25) is 5.91 Å². The summed E-state index contributed by atoms with van der Waals surface area (Å²) in [5.74, 6) is -0.000701. The molecule has 2 aliphatic carbocycles. The number of aryl methyl sites for hydroxylation is 1. The largest absolute Gasteiger partial charge is 0.385 e. The lowest BCUT2D eigenvalue weighted by Gasteiger charge is -2.60. The summed E-state index contributed by atoms with van der Waals surface area (Å²) < 4.78 is 1.63. The number of pyridine rings is 1. The molecule has 0 aliphatic heterocycles. The fourth-order valence-electron chi connectivity index (χ4n) is 4.57. The van der Waals surface area contributed by atoms with Gasteiger partial charge in [-0.05, 0) is 48.8 Å². The Bertz CT molecular complexity index is 759. The standard InChI is InChI=1S/C19H24N4O2/c1-23-15(5-9-22-23)16(24)11-21-17(25)19(14-4-2-8-20-10-14)12-18(13-19)6-3-7-18/h2,4-5,8-10,16,24H,3,6-7,11-13H2,1H3,(H,21,25). The Morgan fingerprint density at radius 2 is 2.16 bits per heavy atom. The van der Waals surface area contributed by atoms with E-state index in [0.29, 0.717) is 11.1 Å². The van der Waals surface area contributed by atoms with Gasteiger partial charge in [0.25, 0.3) is 0 Å². The molecule has 1 amide bonds. The monoisotopic (exact) mass is 340 g/mol. The number of aromatic nitrogens is 3. The molecule has 2 aliphatic rings. The summed E-state index contributed by atoms with van der Waals surface area (Å²) in [5.41, 5.74) is 1.54. The van der Waals surface area contributed by atoms with E-state index in [1.807, 2.05) is 18.3 Å². The van der Waals surface area contributed by atoms with Gasteiger partial charge in [-0.25, -0.2) is 0 Å². The maximum Gasteiger partial charge on any atom is 0.230 e. The lowest BCUT2D eigenvalue weighted by atomic mass is 9.43. The second-order valence-electron chi connectivity index (χ2n) is 7.64. The molecule has 6 nitrogen and oxygen atoms in total. The minimum absolute atomic E-state index is 0.000701. The number of hydrogen-bond donors (Lipinski definition) is 2. The van der Waals surface area contributed by atoms with Gasteiger partial charge in [-0.1, -0.05) is 12.5 Å². The third-order valence-electron chi connectivity index (χ3n) is 6.07. The van der Waals surface area contributed by atoms with Crippen molar-refractivity contribution in [1.29, 1.82) is 0 Å². The molecule has 0 aromatic carbocycles. The van der Waals surface area contributed by atoms with Crippen LogP contribution in [-0.2, 0) is 17.3 Å². The van der Waals surface area contributed by atoms with Crippen LogP contribution < -0.4 is 5.32 Å². The Kier molecular flexibility index (Phi) is 3.87. The Balaban J connectivity index is 1.48. The maximum atomic E-state index is 13.1. The summed E-state index contributed by atoms with van der Waals surface area (Å²) in [5, 5.41) is 17.4. The number of aliphatic hydroxyl groups excluding tert-OH is 1. The number of aliphatic hydroxyl groups is 1. The van der Waals surface area contributed by atoms with Crippen LogP contribution in [0.1, 0.15) is 49.5 Å². The van der Waals surface area contributed by atoms with Crippen LogP contribution in [0.3, 0.4) is 0 Å². The van der Waals surface area contributed by atoms with Gasteiger partial charge in [0.15, 0.2) is 0 Å². The molecule has 1 unspecified atom stereocenters. The van der Waals surface area contributed by atoms with Crippen LogP contribution in [0.2, 0.25) is 0 Å². The number of nitrogens with one attached hydrogen (secondary N) is 1. The van der Waals surface area contributed by atoms with Crippen LogP contribution in [0.4, 0.5) is 0 Å². The molecule has 0 saturated heterocycles. The molecule has 4 rings (SSSR count). The van der Waals surface area contributed by atoms with Crippen LogP contribution in [0.5, 0.6) is 0 Å². The lowest BCUT2D eigenvalue weighted by molar-refractivity contribution is -0.142. The Hall–Kier alpha value is -2.21. The molecule has 0 radical (unpaired) electrons. The summed E-state index contributed by atoms with van der Waals surface area (Å²) >= 11 is 0. The van der Waals surface area contributed by atoms with Crippen LogP contribution >= 0.6 is 0 Å². The van der Waals surface area contributed by atoms with Crippen LogP contribution in [-0.4, -0.2) is 32.3 Å². The molecule has 2 aromatic rings. The average molecular weight is 340 g/mol. The second-order valence-corrected chi connectivity index (χ2v) is 7.64. The van der Waals surface area contributed by atoms with Crippen molar-refractivity contribution < 1.29 is 9.90 Å². The van der Waals surface area contributed by atoms with Crippen molar-refractivity contribution in [2.45, 2.75) is 43.6 Å². The van der Waals surface area contributed by atoms with E-state index in [4.69, 9.17) is 0 Å². The van der Waals surface area contributed by atoms with Crippen molar-refractivity contribution in [2.75, 3.05) is 6.54 Å². The fraction of sp³-hybridized carbons (Fsp3) is 0.526. The first-order valence-electron chi connectivity index (χ1n) is 8.90. The summed E-state index contributed by atoms with van der Waals surface area (Å²) in [6.45, 7) is 0.188. The van der Waals surface area contributed by atoms with Crippen molar-refractivity contribution in [3.63, 3.8) is 0 Å². The van der Waals surface area contributed by atoms with E-state index < -0.39 is 11.5 Å². The van der Waals surface area contributed by atoms with E-state index in [1.165, 1.54) is 19.3 Å². The molecular formula is C19H24N4O2. The smallest absolute Gasteiger partial charge is 0.230 e. The van der Waals surface area contributed by atoms with Crippen molar-refractivity contribution >= 4 is 5.91 Å². The number of hydrogen-bond acceptors (Lipinski definition) is 4. The Labute approximate surface area is 147 Å². The minimum Gasteiger partial charge on any atom is -0.385 e. The molecule has 2 saturated carbocycles. The zero-order chi connectivity index (χ0) is 17.5. The number of amides is 1. The van der Waals surface area contributed by atoms with E-state index in [-0.39, 0.29) is 12.5 Å². The van der Waals surface area contributed by atoms with Crippen LogP contribution in [0.25, 0.3) is 0 Å². The highest BCUT2D eigenvalue weighted by molar-refractivity contribution is 5.89. The number of carbonyl (C=O) groups is 1. The molecule has 25 heavy (non-hydrogen) atoms. The predicted octanol–water partition coefficient (Wildman–Crippen LogP) is 1.87. The lowest BCUT2D eigenvalue weighted by Crippen LogP contribution is -2.60. The molecule has 2 heterocycles. The predicted molar refractivity (Wildman–Crippen MR) is 92.6 cm³/mol. The number of rotatable bonds is 5. The van der Waals surface area contributed by atoms with Crippen LogP contribution in [0.15, 0.2) is 36.8 Å². The maximum absolute atomic E-state index is 13.1. The summed E-state index contributed by atoms with van der Waals surface area (Å²) in [7, 11) is 1.78. The zero-order valence-electron chi connectivity index (χ0n) is 14.5. The summed E-state index contributed by atoms with van der Waals surface area (Å²) in [6.07, 6.45) is 9.91. The summed E-state index contributed by atoms with van der Waals surface area (Å²) in [6, 6.07) is 5.65. The van der Waals surface area contributed by atoms with E-state index in [0.717, 1.165) is 18.4 Å². The summed E-state index contributed by atoms with van der Waals surface area (Å²) in [4.78, 5) is 17.3. The molecule has 132 valence electrons. The Morgan fingerprint density at radius 1 is 1.36 bits per heavy atom. The minimum atomic E-state index is -0.764. The Morgan fingerprint density at radius 3 is 2.72 bits per heavy atom. The molecule has 1 spiro atoms. The van der Waals surface area contributed by atoms with E-state index in [2.05, 4.69) is 15.4 Å². The SMILES string of the molecule is Cn1nccc1C(O)CNC(=O)C1(c2cccnc2)CC2(CCC2)C1. The molecular weight excluding hydrogens is 316 g/mol. The topological polar surface area (TPSA) is 80.0 Å². The van der Waals surface area contributed by atoms with E-state index in [9.17, 15) is 9.90 Å². The van der Waals surface area contributed by atoms with Crippen LogP contribution in [0, 0.1) is 5.41 Å². The molecule has 0 bridgehead atoms.